The predicted octanol–water partition coefficient (Wildman–Crippen LogP) is 2.32. The van der Waals surface area contributed by atoms with E-state index in [-0.39, 0.29) is 18.4 Å². The zero-order valence-electron chi connectivity index (χ0n) is 11.7. The number of rotatable bonds is 5. The predicted molar refractivity (Wildman–Crippen MR) is 85.3 cm³/mol. The molecule has 0 saturated carbocycles. The minimum absolute atomic E-state index is 0.0241. The van der Waals surface area contributed by atoms with Gasteiger partial charge in [-0.1, -0.05) is 35.0 Å². The van der Waals surface area contributed by atoms with Crippen molar-refractivity contribution in [3.8, 4) is 0 Å². The molecule has 0 bridgehead atoms. The Labute approximate surface area is 132 Å². The molecule has 5 nitrogen and oxygen atoms in total. The third-order valence-corrected chi connectivity index (χ3v) is 3.58. The number of anilines is 1. The van der Waals surface area contributed by atoms with E-state index < -0.39 is 0 Å². The first-order valence-corrected chi connectivity index (χ1v) is 7.43. The van der Waals surface area contributed by atoms with Gasteiger partial charge in [0.25, 0.3) is 0 Å². The summed E-state index contributed by atoms with van der Waals surface area (Å²) in [5, 5.41) is 2.83. The maximum atomic E-state index is 12.1. The fourth-order valence-corrected chi connectivity index (χ4v) is 2.17. The Morgan fingerprint density at radius 3 is 2.71 bits per heavy atom. The second kappa shape index (κ2) is 7.17. The van der Waals surface area contributed by atoms with E-state index in [2.05, 4.69) is 31.2 Å². The quantitative estimate of drug-likeness (QED) is 0.868. The summed E-state index contributed by atoms with van der Waals surface area (Å²) < 4.78 is 1.03. The molecule has 110 valence electrons. The average Bonchev–Trinajstić information content (AvgIpc) is 2.47. The Bertz CT molecular complexity index is 615. The molecule has 0 aliphatic heterocycles. The van der Waals surface area contributed by atoms with Crippen molar-refractivity contribution in [2.45, 2.75) is 19.9 Å². The van der Waals surface area contributed by atoms with Gasteiger partial charge in [0, 0.05) is 16.6 Å². The van der Waals surface area contributed by atoms with E-state index >= 15 is 0 Å². The number of carbonyl (C=O) groups is 1. The van der Waals surface area contributed by atoms with Gasteiger partial charge in [-0.25, -0.2) is 9.97 Å². The molecule has 0 spiro atoms. The molecule has 1 atom stereocenters. The smallest absolute Gasteiger partial charge is 0.223 e. The Morgan fingerprint density at radius 2 is 2.05 bits per heavy atom. The fraction of sp³-hybridized carbons (Fsp3) is 0.267. The molecule has 0 unspecified atom stereocenters. The highest BCUT2D eigenvalue weighted by molar-refractivity contribution is 9.10. The SMILES string of the molecule is C[C@@H](Cc1ccc(Br)cc1)C(=O)NCc1nccc(N)n1. The molecular weight excluding hydrogens is 332 g/mol. The number of hydrogen-bond acceptors (Lipinski definition) is 4. The van der Waals surface area contributed by atoms with Crippen LogP contribution in [0.5, 0.6) is 0 Å². The molecule has 1 amide bonds. The van der Waals surface area contributed by atoms with Crippen LogP contribution in [0.25, 0.3) is 0 Å². The van der Waals surface area contributed by atoms with Gasteiger partial charge < -0.3 is 11.1 Å². The molecule has 21 heavy (non-hydrogen) atoms. The van der Waals surface area contributed by atoms with Gasteiger partial charge in [-0.2, -0.15) is 0 Å². The van der Waals surface area contributed by atoms with E-state index in [1.165, 1.54) is 0 Å². The van der Waals surface area contributed by atoms with Crippen molar-refractivity contribution < 1.29 is 4.79 Å². The molecule has 2 rings (SSSR count). The second-order valence-corrected chi connectivity index (χ2v) is 5.76. The van der Waals surface area contributed by atoms with Crippen molar-refractivity contribution in [3.63, 3.8) is 0 Å². The molecule has 0 fully saturated rings. The van der Waals surface area contributed by atoms with Crippen LogP contribution in [0.15, 0.2) is 41.0 Å². The molecule has 0 aliphatic carbocycles. The summed E-state index contributed by atoms with van der Waals surface area (Å²) in [6.07, 6.45) is 2.27. The van der Waals surface area contributed by atoms with Gasteiger partial charge in [0.05, 0.1) is 6.54 Å². The van der Waals surface area contributed by atoms with E-state index in [0.29, 0.717) is 18.1 Å². The average molecular weight is 349 g/mol. The number of benzene rings is 1. The Hall–Kier alpha value is -1.95. The minimum Gasteiger partial charge on any atom is -0.384 e. The molecule has 0 radical (unpaired) electrons. The first-order chi connectivity index (χ1) is 10.0. The first-order valence-electron chi connectivity index (χ1n) is 6.64. The number of halogens is 1. The summed E-state index contributed by atoms with van der Waals surface area (Å²) >= 11 is 3.39. The van der Waals surface area contributed by atoms with Crippen LogP contribution < -0.4 is 11.1 Å². The number of aromatic nitrogens is 2. The third-order valence-electron chi connectivity index (χ3n) is 3.05. The maximum Gasteiger partial charge on any atom is 0.223 e. The minimum atomic E-state index is -0.118. The van der Waals surface area contributed by atoms with Crippen LogP contribution in [0.4, 0.5) is 5.82 Å². The van der Waals surface area contributed by atoms with E-state index in [9.17, 15) is 4.79 Å². The van der Waals surface area contributed by atoms with Gasteiger partial charge >= 0.3 is 0 Å². The lowest BCUT2D eigenvalue weighted by atomic mass is 10.0. The lowest BCUT2D eigenvalue weighted by Gasteiger charge is -2.12. The van der Waals surface area contributed by atoms with Crippen molar-refractivity contribution >= 4 is 27.7 Å². The van der Waals surface area contributed by atoms with E-state index in [1.54, 1.807) is 12.3 Å². The number of amides is 1. The molecule has 2 aromatic rings. The molecular formula is C15H17BrN4O. The van der Waals surface area contributed by atoms with E-state index in [0.717, 1.165) is 10.0 Å². The molecule has 0 aliphatic rings. The number of hydrogen-bond donors (Lipinski definition) is 2. The largest absolute Gasteiger partial charge is 0.384 e. The molecule has 1 aromatic carbocycles. The van der Waals surface area contributed by atoms with Gasteiger partial charge in [-0.15, -0.1) is 0 Å². The lowest BCUT2D eigenvalue weighted by Crippen LogP contribution is -2.30. The highest BCUT2D eigenvalue weighted by Crippen LogP contribution is 2.14. The Balaban J connectivity index is 1.86. The van der Waals surface area contributed by atoms with Crippen LogP contribution in [0.1, 0.15) is 18.3 Å². The van der Waals surface area contributed by atoms with Crippen LogP contribution in [0, 0.1) is 5.92 Å². The summed E-state index contributed by atoms with van der Waals surface area (Å²) in [6.45, 7) is 2.19. The number of nitrogens with zero attached hydrogens (tertiary/aromatic N) is 2. The number of carbonyl (C=O) groups excluding carboxylic acids is 1. The Kier molecular flexibility index (Phi) is 5.27. The van der Waals surface area contributed by atoms with Crippen LogP contribution in [0.3, 0.4) is 0 Å². The zero-order valence-corrected chi connectivity index (χ0v) is 13.3. The number of nitrogens with two attached hydrogens (primary N) is 1. The normalized spacial score (nSPS) is 11.9. The van der Waals surface area contributed by atoms with E-state index in [1.807, 2.05) is 31.2 Å². The summed E-state index contributed by atoms with van der Waals surface area (Å²) in [6, 6.07) is 9.58. The molecule has 1 aromatic heterocycles. The van der Waals surface area contributed by atoms with Gasteiger partial charge in [-0.05, 0) is 30.2 Å². The second-order valence-electron chi connectivity index (χ2n) is 4.85. The zero-order chi connectivity index (χ0) is 15.2. The summed E-state index contributed by atoms with van der Waals surface area (Å²) in [5.74, 6) is 0.771. The van der Waals surface area contributed by atoms with Crippen LogP contribution in [0.2, 0.25) is 0 Å². The van der Waals surface area contributed by atoms with Gasteiger partial charge in [0.1, 0.15) is 11.6 Å². The van der Waals surface area contributed by atoms with Crippen molar-refractivity contribution in [1.29, 1.82) is 0 Å². The highest BCUT2D eigenvalue weighted by Gasteiger charge is 2.13. The summed E-state index contributed by atoms with van der Waals surface area (Å²) in [7, 11) is 0. The number of nitrogen functional groups attached to an aromatic ring is 1. The highest BCUT2D eigenvalue weighted by atomic mass is 79.9. The molecule has 3 N–H and O–H groups in total. The van der Waals surface area contributed by atoms with Crippen molar-refractivity contribution in [3.05, 3.63) is 52.4 Å². The third kappa shape index (κ3) is 4.82. The van der Waals surface area contributed by atoms with Gasteiger partial charge in [-0.3, -0.25) is 4.79 Å². The van der Waals surface area contributed by atoms with Crippen LogP contribution >= 0.6 is 15.9 Å². The monoisotopic (exact) mass is 348 g/mol. The summed E-state index contributed by atoms with van der Waals surface area (Å²) in [4.78, 5) is 20.2. The number of nitrogens with one attached hydrogen (secondary N) is 1. The molecule has 1 heterocycles. The fourth-order valence-electron chi connectivity index (χ4n) is 1.91. The maximum absolute atomic E-state index is 12.1. The van der Waals surface area contributed by atoms with Crippen molar-refractivity contribution in [2.24, 2.45) is 5.92 Å². The van der Waals surface area contributed by atoms with Crippen molar-refractivity contribution in [2.75, 3.05) is 5.73 Å². The molecule has 6 heteroatoms. The van der Waals surface area contributed by atoms with Crippen LogP contribution in [-0.4, -0.2) is 15.9 Å². The van der Waals surface area contributed by atoms with Gasteiger partial charge in [0.2, 0.25) is 5.91 Å². The Morgan fingerprint density at radius 1 is 1.33 bits per heavy atom. The standard InChI is InChI=1S/C15H17BrN4O/c1-10(8-11-2-4-12(16)5-3-11)15(21)19-9-14-18-7-6-13(17)20-14/h2-7,10H,8-9H2,1H3,(H,19,21)(H2,17,18,20)/t10-/m0/s1. The van der Waals surface area contributed by atoms with E-state index in [4.69, 9.17) is 5.73 Å². The topological polar surface area (TPSA) is 80.9 Å². The van der Waals surface area contributed by atoms with Crippen molar-refractivity contribution in [1.82, 2.24) is 15.3 Å². The molecule has 0 saturated heterocycles. The lowest BCUT2D eigenvalue weighted by molar-refractivity contribution is -0.124. The van der Waals surface area contributed by atoms with Crippen LogP contribution in [-0.2, 0) is 17.8 Å². The summed E-state index contributed by atoms with van der Waals surface area (Å²) in [5.41, 5.74) is 6.70. The first kappa shape index (κ1) is 15.4. The van der Waals surface area contributed by atoms with Gasteiger partial charge in [0.15, 0.2) is 0 Å².